The van der Waals surface area contributed by atoms with Crippen molar-refractivity contribution in [2.45, 2.75) is 51.4 Å². The number of carbonyl (C=O) groups excluding carboxylic acids is 1. The lowest BCUT2D eigenvalue weighted by Crippen LogP contribution is -2.50. The van der Waals surface area contributed by atoms with Gasteiger partial charge < -0.3 is 28.8 Å². The third-order valence-corrected chi connectivity index (χ3v) is 6.43. The molecule has 1 N–H and O–H groups in total. The number of hydrogen-bond acceptors (Lipinski definition) is 9. The highest BCUT2D eigenvalue weighted by Crippen LogP contribution is 2.33. The number of anilines is 1. The quantitative estimate of drug-likeness (QED) is 0.431. The Kier molecular flexibility index (Phi) is 5.86. The van der Waals surface area contributed by atoms with Crippen LogP contribution in [0.4, 0.5) is 10.6 Å². The highest BCUT2D eigenvalue weighted by molar-refractivity contribution is 5.92. The van der Waals surface area contributed by atoms with Crippen molar-refractivity contribution >= 4 is 28.5 Å². The van der Waals surface area contributed by atoms with Crippen molar-refractivity contribution in [1.29, 1.82) is 0 Å². The van der Waals surface area contributed by atoms with Crippen LogP contribution < -0.4 is 15.0 Å². The van der Waals surface area contributed by atoms with Crippen molar-refractivity contribution in [3.05, 3.63) is 36.7 Å². The van der Waals surface area contributed by atoms with Crippen LogP contribution in [-0.2, 0) is 9.47 Å². The first-order chi connectivity index (χ1) is 17.8. The van der Waals surface area contributed by atoms with Gasteiger partial charge in [-0.2, -0.15) is 0 Å². The fourth-order valence-corrected chi connectivity index (χ4v) is 4.61. The molecule has 1 aliphatic carbocycles. The summed E-state index contributed by atoms with van der Waals surface area (Å²) in [7, 11) is 0. The maximum absolute atomic E-state index is 12.0. The number of morpholine rings is 1. The average Bonchev–Trinajstić information content (AvgIpc) is 3.45. The van der Waals surface area contributed by atoms with E-state index in [4.69, 9.17) is 18.6 Å². The van der Waals surface area contributed by atoms with Gasteiger partial charge >= 0.3 is 6.09 Å². The third kappa shape index (κ3) is 4.91. The molecule has 0 aromatic carbocycles. The molecule has 1 saturated heterocycles. The van der Waals surface area contributed by atoms with Crippen LogP contribution in [0, 0.1) is 0 Å². The van der Waals surface area contributed by atoms with Gasteiger partial charge in [0.25, 0.3) is 0 Å². The SMILES string of the molecule is CC(C)(C)OC(=O)NC1CC(Oc2ccc3ncc(-c4cc5c(N6CCOCC6)nccc5o4)n3n2)C1. The molecule has 37 heavy (non-hydrogen) atoms. The van der Waals surface area contributed by atoms with Crippen LogP contribution in [0.3, 0.4) is 0 Å². The number of pyridine rings is 1. The van der Waals surface area contributed by atoms with Gasteiger partial charge in [-0.1, -0.05) is 0 Å². The molecule has 6 rings (SSSR count). The molecule has 2 aliphatic rings. The maximum atomic E-state index is 12.0. The van der Waals surface area contributed by atoms with Gasteiger partial charge in [0.2, 0.25) is 5.88 Å². The molecule has 194 valence electrons. The fourth-order valence-electron chi connectivity index (χ4n) is 4.61. The van der Waals surface area contributed by atoms with E-state index in [9.17, 15) is 4.79 Å². The Labute approximate surface area is 213 Å². The summed E-state index contributed by atoms with van der Waals surface area (Å²) in [5.41, 5.74) is 1.65. The minimum Gasteiger partial charge on any atom is -0.473 e. The second-order valence-corrected chi connectivity index (χ2v) is 10.4. The van der Waals surface area contributed by atoms with Crippen LogP contribution in [0.5, 0.6) is 5.88 Å². The molecule has 4 aromatic rings. The van der Waals surface area contributed by atoms with Crippen molar-refractivity contribution in [3.8, 4) is 17.3 Å². The number of furan rings is 1. The lowest BCUT2D eigenvalue weighted by Gasteiger charge is -2.35. The van der Waals surface area contributed by atoms with Crippen LogP contribution in [0.1, 0.15) is 33.6 Å². The van der Waals surface area contributed by atoms with E-state index in [2.05, 4.69) is 25.3 Å². The van der Waals surface area contributed by atoms with Gasteiger partial charge in [0.15, 0.2) is 11.4 Å². The summed E-state index contributed by atoms with van der Waals surface area (Å²) in [6.45, 7) is 8.48. The van der Waals surface area contributed by atoms with Gasteiger partial charge in [0.05, 0.1) is 24.8 Å². The molecule has 0 radical (unpaired) electrons. The summed E-state index contributed by atoms with van der Waals surface area (Å²) >= 11 is 0. The first-order valence-corrected chi connectivity index (χ1v) is 12.5. The number of aromatic nitrogens is 4. The largest absolute Gasteiger partial charge is 0.473 e. The molecule has 4 aromatic heterocycles. The average molecular weight is 507 g/mol. The summed E-state index contributed by atoms with van der Waals surface area (Å²) in [6.07, 6.45) is 4.45. The number of nitrogens with one attached hydrogen (secondary N) is 1. The Hall–Kier alpha value is -3.86. The molecule has 1 amide bonds. The Morgan fingerprint density at radius 2 is 1.95 bits per heavy atom. The van der Waals surface area contributed by atoms with Gasteiger partial charge in [-0.25, -0.2) is 19.3 Å². The second-order valence-electron chi connectivity index (χ2n) is 10.4. The molecule has 1 aliphatic heterocycles. The molecular formula is C26H30N6O5. The first kappa shape index (κ1) is 23.5. The van der Waals surface area contributed by atoms with Crippen LogP contribution >= 0.6 is 0 Å². The molecule has 0 atom stereocenters. The minimum atomic E-state index is -0.522. The second kappa shape index (κ2) is 9.22. The van der Waals surface area contributed by atoms with E-state index in [1.807, 2.05) is 39.0 Å². The van der Waals surface area contributed by atoms with Crippen molar-refractivity contribution in [3.63, 3.8) is 0 Å². The zero-order valence-corrected chi connectivity index (χ0v) is 21.1. The zero-order chi connectivity index (χ0) is 25.6. The standard InChI is InChI=1S/C26H30N6O5/c1-26(2,3)37-25(33)29-16-12-17(13-16)35-23-5-4-22-28-15-19(32(22)30-23)21-14-18-20(36-21)6-7-27-24(18)31-8-10-34-11-9-31/h4-7,14-17H,8-13H2,1-3H3,(H,29,33). The lowest BCUT2D eigenvalue weighted by atomic mass is 9.89. The normalized spacial score (nSPS) is 20.1. The van der Waals surface area contributed by atoms with E-state index in [0.29, 0.717) is 43.3 Å². The highest BCUT2D eigenvalue weighted by Gasteiger charge is 2.33. The van der Waals surface area contributed by atoms with Gasteiger partial charge in [-0.05, 0) is 39.0 Å². The summed E-state index contributed by atoms with van der Waals surface area (Å²) < 4.78 is 24.8. The van der Waals surface area contributed by atoms with Gasteiger partial charge in [0.1, 0.15) is 28.8 Å². The van der Waals surface area contributed by atoms with Crippen molar-refractivity contribution in [2.75, 3.05) is 31.2 Å². The van der Waals surface area contributed by atoms with Crippen LogP contribution in [0.15, 0.2) is 41.1 Å². The predicted octanol–water partition coefficient (Wildman–Crippen LogP) is 3.81. The van der Waals surface area contributed by atoms with Gasteiger partial charge in [0, 0.05) is 44.2 Å². The van der Waals surface area contributed by atoms with E-state index in [1.54, 1.807) is 23.0 Å². The summed E-state index contributed by atoms with van der Waals surface area (Å²) in [5, 5.41) is 8.49. The number of imidazole rings is 1. The van der Waals surface area contributed by atoms with E-state index in [1.165, 1.54) is 0 Å². The molecule has 11 nitrogen and oxygen atoms in total. The number of carbonyl (C=O) groups is 1. The summed E-state index contributed by atoms with van der Waals surface area (Å²) in [4.78, 5) is 23.3. The molecule has 0 spiro atoms. The van der Waals surface area contributed by atoms with E-state index < -0.39 is 11.7 Å². The zero-order valence-electron chi connectivity index (χ0n) is 21.1. The first-order valence-electron chi connectivity index (χ1n) is 12.5. The lowest BCUT2D eigenvalue weighted by molar-refractivity contribution is 0.0352. The van der Waals surface area contributed by atoms with Gasteiger partial charge in [-0.15, -0.1) is 5.10 Å². The van der Waals surface area contributed by atoms with Crippen molar-refractivity contribution in [1.82, 2.24) is 24.9 Å². The van der Waals surface area contributed by atoms with Gasteiger partial charge in [-0.3, -0.25) is 0 Å². The number of amides is 1. The Balaban J connectivity index is 1.18. The van der Waals surface area contributed by atoms with E-state index in [-0.39, 0.29) is 12.1 Å². The summed E-state index contributed by atoms with van der Waals surface area (Å²) in [5.74, 6) is 2.03. The number of nitrogens with zero attached hydrogens (tertiary/aromatic N) is 5. The van der Waals surface area contributed by atoms with E-state index >= 15 is 0 Å². The maximum Gasteiger partial charge on any atom is 0.407 e. The van der Waals surface area contributed by atoms with Crippen LogP contribution in [0.2, 0.25) is 0 Å². The minimum absolute atomic E-state index is 0.0252. The molecular weight excluding hydrogens is 476 g/mol. The van der Waals surface area contributed by atoms with Crippen LogP contribution in [-0.4, -0.2) is 69.7 Å². The molecule has 0 unspecified atom stereocenters. The molecule has 0 bridgehead atoms. The van der Waals surface area contributed by atoms with Crippen LogP contribution in [0.25, 0.3) is 28.1 Å². The molecule has 2 fully saturated rings. The molecule has 1 saturated carbocycles. The number of rotatable bonds is 5. The Morgan fingerprint density at radius 3 is 2.73 bits per heavy atom. The highest BCUT2D eigenvalue weighted by atomic mass is 16.6. The monoisotopic (exact) mass is 506 g/mol. The third-order valence-electron chi connectivity index (χ3n) is 6.43. The fraction of sp³-hybridized carbons (Fsp3) is 0.462. The molecule has 5 heterocycles. The smallest absolute Gasteiger partial charge is 0.407 e. The number of hydrogen-bond donors (Lipinski definition) is 1. The van der Waals surface area contributed by atoms with E-state index in [0.717, 1.165) is 35.6 Å². The van der Waals surface area contributed by atoms with Crippen molar-refractivity contribution in [2.24, 2.45) is 0 Å². The number of ether oxygens (including phenoxy) is 3. The van der Waals surface area contributed by atoms with Crippen molar-refractivity contribution < 1.29 is 23.4 Å². The predicted molar refractivity (Wildman–Crippen MR) is 136 cm³/mol. The Bertz CT molecular complexity index is 1430. The summed E-state index contributed by atoms with van der Waals surface area (Å²) in [6, 6.07) is 7.55. The molecule has 11 heteroatoms. The number of fused-ring (bicyclic) bond motifs is 2. The Morgan fingerprint density at radius 1 is 1.14 bits per heavy atom. The number of alkyl carbamates (subject to hydrolysis) is 1. The topological polar surface area (TPSA) is 116 Å².